The van der Waals surface area contributed by atoms with Gasteiger partial charge in [-0.15, -0.1) is 0 Å². The van der Waals surface area contributed by atoms with E-state index in [1.807, 2.05) is 32.0 Å². The number of hydrogen-bond acceptors (Lipinski definition) is 2. The van der Waals surface area contributed by atoms with Crippen molar-refractivity contribution in [3.05, 3.63) is 120 Å². The highest BCUT2D eigenvalue weighted by Gasteiger charge is 2.19. The second-order valence-electron chi connectivity index (χ2n) is 9.40. The third kappa shape index (κ3) is 3.72. The Morgan fingerprint density at radius 2 is 1.03 bits per heavy atom. The minimum absolute atomic E-state index is 0.537. The maximum Gasteiger partial charge on any atom is 0.488 e. The van der Waals surface area contributed by atoms with Crippen LogP contribution in [0.25, 0.3) is 49.7 Å². The zero-order valence-corrected chi connectivity index (χ0v) is 20.3. The molecule has 0 spiro atoms. The third-order valence-corrected chi connectivity index (χ3v) is 7.08. The molecule has 1 aromatic heterocycles. The van der Waals surface area contributed by atoms with Gasteiger partial charge < -0.3 is 14.6 Å². The minimum Gasteiger partial charge on any atom is -0.423 e. The van der Waals surface area contributed by atoms with Crippen molar-refractivity contribution in [1.82, 2.24) is 4.57 Å². The highest BCUT2D eigenvalue weighted by atomic mass is 16.4. The van der Waals surface area contributed by atoms with Crippen LogP contribution in [0.3, 0.4) is 0 Å². The topological polar surface area (TPSA) is 45.4 Å². The second-order valence-corrected chi connectivity index (χ2v) is 9.40. The van der Waals surface area contributed by atoms with Gasteiger partial charge in [0.1, 0.15) is 0 Å². The average Bonchev–Trinajstić information content (AvgIpc) is 3.23. The van der Waals surface area contributed by atoms with Gasteiger partial charge >= 0.3 is 7.12 Å². The van der Waals surface area contributed by atoms with Crippen LogP contribution in [0, 0.1) is 13.8 Å². The molecule has 174 valence electrons. The molecule has 0 aliphatic rings. The van der Waals surface area contributed by atoms with Crippen LogP contribution in [-0.2, 0) is 0 Å². The minimum atomic E-state index is -1.49. The summed E-state index contributed by atoms with van der Waals surface area (Å²) in [5.41, 5.74) is 10.4. The summed E-state index contributed by atoms with van der Waals surface area (Å²) in [7, 11) is -1.49. The smallest absolute Gasteiger partial charge is 0.423 e. The normalized spacial score (nSPS) is 11.3. The molecule has 0 saturated heterocycles. The summed E-state index contributed by atoms with van der Waals surface area (Å²) < 4.78 is 2.30. The molecule has 0 aliphatic carbocycles. The Morgan fingerprint density at radius 1 is 0.528 bits per heavy atom. The van der Waals surface area contributed by atoms with Crippen LogP contribution >= 0.6 is 0 Å². The van der Waals surface area contributed by atoms with E-state index in [1.54, 1.807) is 0 Å². The third-order valence-electron chi connectivity index (χ3n) is 7.08. The summed E-state index contributed by atoms with van der Waals surface area (Å²) in [4.78, 5) is 0. The average molecular weight is 467 g/mol. The van der Waals surface area contributed by atoms with Gasteiger partial charge in [-0.1, -0.05) is 78.9 Å². The highest BCUT2D eigenvalue weighted by molar-refractivity contribution is 6.59. The number of hydrogen-bond donors (Lipinski definition) is 2. The van der Waals surface area contributed by atoms with Crippen molar-refractivity contribution in [3.63, 3.8) is 0 Å². The van der Waals surface area contributed by atoms with Gasteiger partial charge in [-0.05, 0) is 83.0 Å². The Kier molecular flexibility index (Phi) is 5.48. The van der Waals surface area contributed by atoms with Gasteiger partial charge in [-0.25, -0.2) is 0 Å². The maximum atomic E-state index is 9.82. The van der Waals surface area contributed by atoms with Crippen molar-refractivity contribution in [3.8, 4) is 27.9 Å². The monoisotopic (exact) mass is 467 g/mol. The van der Waals surface area contributed by atoms with E-state index in [4.69, 9.17) is 0 Å². The molecular weight excluding hydrogens is 441 g/mol. The van der Waals surface area contributed by atoms with E-state index < -0.39 is 7.12 Å². The first-order chi connectivity index (χ1) is 17.5. The van der Waals surface area contributed by atoms with E-state index in [-0.39, 0.29) is 0 Å². The molecule has 1 heterocycles. The number of benzene rings is 5. The predicted octanol–water partition coefficient (Wildman–Crippen LogP) is 6.41. The van der Waals surface area contributed by atoms with Crippen molar-refractivity contribution in [2.45, 2.75) is 13.8 Å². The van der Waals surface area contributed by atoms with Gasteiger partial charge in [-0.3, -0.25) is 0 Å². The Hall–Kier alpha value is -4.12. The van der Waals surface area contributed by atoms with E-state index in [0.29, 0.717) is 5.46 Å². The van der Waals surface area contributed by atoms with Crippen LogP contribution in [0.2, 0.25) is 0 Å². The molecule has 36 heavy (non-hydrogen) atoms. The van der Waals surface area contributed by atoms with Crippen LogP contribution in [0.1, 0.15) is 11.1 Å². The maximum absolute atomic E-state index is 9.82. The standard InChI is InChI=1S/C32H26BNO2/c1-21-18-32(22(2)17-29(21)33(35)36)34-30-15-13-25(23-9-5-3-6-10-23)19-27(30)28-20-26(14-16-31(28)34)24-11-7-4-8-12-24/h3-20,35-36H,1-2H3. The van der Waals surface area contributed by atoms with Crippen LogP contribution < -0.4 is 5.46 Å². The lowest BCUT2D eigenvalue weighted by atomic mass is 9.76. The van der Waals surface area contributed by atoms with E-state index in [0.717, 1.165) is 27.8 Å². The summed E-state index contributed by atoms with van der Waals surface area (Å²) >= 11 is 0. The van der Waals surface area contributed by atoms with E-state index in [9.17, 15) is 10.0 Å². The van der Waals surface area contributed by atoms with Crippen molar-refractivity contribution in [2.24, 2.45) is 0 Å². The molecule has 0 radical (unpaired) electrons. The molecule has 4 heteroatoms. The lowest BCUT2D eigenvalue weighted by Crippen LogP contribution is -2.32. The fourth-order valence-corrected chi connectivity index (χ4v) is 5.25. The number of rotatable bonds is 4. The van der Waals surface area contributed by atoms with Gasteiger partial charge in [0.2, 0.25) is 0 Å². The summed E-state index contributed by atoms with van der Waals surface area (Å²) in [6, 6.07) is 38.2. The van der Waals surface area contributed by atoms with Crippen molar-refractivity contribution < 1.29 is 10.0 Å². The molecule has 0 saturated carbocycles. The van der Waals surface area contributed by atoms with Gasteiger partial charge in [0.25, 0.3) is 0 Å². The van der Waals surface area contributed by atoms with Gasteiger partial charge in [0.15, 0.2) is 0 Å². The Morgan fingerprint density at radius 3 is 1.50 bits per heavy atom. The summed E-state index contributed by atoms with van der Waals surface area (Å²) in [6.07, 6.45) is 0. The number of fused-ring (bicyclic) bond motifs is 3. The van der Waals surface area contributed by atoms with Gasteiger partial charge in [-0.2, -0.15) is 0 Å². The van der Waals surface area contributed by atoms with Gasteiger partial charge in [0, 0.05) is 16.5 Å². The lowest BCUT2D eigenvalue weighted by Gasteiger charge is -2.15. The lowest BCUT2D eigenvalue weighted by molar-refractivity contribution is 0.425. The quantitative estimate of drug-likeness (QED) is 0.294. The molecule has 0 aliphatic heterocycles. The number of aromatic nitrogens is 1. The number of aryl methyl sites for hydroxylation is 2. The Balaban J connectivity index is 1.67. The van der Waals surface area contributed by atoms with Crippen LogP contribution in [-0.4, -0.2) is 21.7 Å². The molecule has 0 bridgehead atoms. The molecule has 0 amide bonds. The summed E-state index contributed by atoms with van der Waals surface area (Å²) in [5.74, 6) is 0. The molecule has 0 atom stereocenters. The van der Waals surface area contributed by atoms with E-state index in [2.05, 4.69) is 95.6 Å². The first-order valence-corrected chi connectivity index (χ1v) is 12.2. The van der Waals surface area contributed by atoms with Crippen molar-refractivity contribution in [2.75, 3.05) is 0 Å². The zero-order valence-electron chi connectivity index (χ0n) is 20.3. The van der Waals surface area contributed by atoms with Crippen LogP contribution in [0.4, 0.5) is 0 Å². The molecule has 6 rings (SSSR count). The summed E-state index contributed by atoms with van der Waals surface area (Å²) in [6.45, 7) is 3.95. The van der Waals surface area contributed by atoms with E-state index >= 15 is 0 Å². The van der Waals surface area contributed by atoms with Crippen molar-refractivity contribution in [1.29, 1.82) is 0 Å². The fourth-order valence-electron chi connectivity index (χ4n) is 5.25. The van der Waals surface area contributed by atoms with Crippen LogP contribution in [0.5, 0.6) is 0 Å². The molecule has 0 fully saturated rings. The molecule has 2 N–H and O–H groups in total. The zero-order chi connectivity index (χ0) is 24.8. The molecular formula is C32H26BNO2. The molecule has 0 unspecified atom stereocenters. The Bertz CT molecular complexity index is 1620. The van der Waals surface area contributed by atoms with Crippen molar-refractivity contribution >= 4 is 34.4 Å². The highest BCUT2D eigenvalue weighted by Crippen LogP contribution is 2.37. The van der Waals surface area contributed by atoms with Gasteiger partial charge in [0.05, 0.1) is 11.0 Å². The predicted molar refractivity (Wildman–Crippen MR) is 151 cm³/mol. The number of nitrogens with zero attached hydrogens (tertiary/aromatic N) is 1. The largest absolute Gasteiger partial charge is 0.488 e. The van der Waals surface area contributed by atoms with Crippen LogP contribution in [0.15, 0.2) is 109 Å². The molecule has 5 aromatic carbocycles. The molecule has 6 aromatic rings. The first kappa shape index (κ1) is 22.4. The summed E-state index contributed by atoms with van der Waals surface area (Å²) in [5, 5.41) is 22.0. The fraction of sp³-hybridized carbons (Fsp3) is 0.0625. The second kappa shape index (κ2) is 8.83. The first-order valence-electron chi connectivity index (χ1n) is 12.2. The SMILES string of the molecule is Cc1cc(-n2c3ccc(-c4ccccc4)cc3c3cc(-c4ccccc4)ccc32)c(C)cc1B(O)O. The Labute approximate surface area is 211 Å². The van der Waals surface area contributed by atoms with E-state index in [1.165, 1.54) is 33.0 Å². The molecule has 3 nitrogen and oxygen atoms in total.